The molecule has 0 saturated carbocycles. The number of hydrogen-bond acceptors (Lipinski definition) is 7. The molecule has 7 heteroatoms. The van der Waals surface area contributed by atoms with Gasteiger partial charge in [-0.3, -0.25) is 9.69 Å². The van der Waals surface area contributed by atoms with Crippen molar-refractivity contribution in [1.82, 2.24) is 15.1 Å². The molecule has 2 unspecified atom stereocenters. The first-order valence-corrected chi connectivity index (χ1v) is 6.87. The Kier molecular flexibility index (Phi) is 4.08. The Labute approximate surface area is 117 Å². The second-order valence-electron chi connectivity index (χ2n) is 4.95. The summed E-state index contributed by atoms with van der Waals surface area (Å²) in [6.45, 7) is 3.32. The second-order valence-corrected chi connectivity index (χ2v) is 4.95. The Hall–Kier alpha value is -1.73. The zero-order chi connectivity index (χ0) is 13.8. The molecule has 2 aliphatic heterocycles. The summed E-state index contributed by atoms with van der Waals surface area (Å²) < 4.78 is 10.7. The van der Waals surface area contributed by atoms with Crippen molar-refractivity contribution in [2.75, 3.05) is 38.2 Å². The second kappa shape index (κ2) is 6.15. The van der Waals surface area contributed by atoms with Gasteiger partial charge in [0.2, 0.25) is 0 Å². The summed E-state index contributed by atoms with van der Waals surface area (Å²) in [6, 6.07) is 3.60. The van der Waals surface area contributed by atoms with E-state index in [-0.39, 0.29) is 18.1 Å². The van der Waals surface area contributed by atoms with E-state index < -0.39 is 0 Å². The topological polar surface area (TPSA) is 76.6 Å². The van der Waals surface area contributed by atoms with Crippen molar-refractivity contribution in [2.45, 2.75) is 18.6 Å². The van der Waals surface area contributed by atoms with Gasteiger partial charge in [-0.2, -0.15) is 5.10 Å². The lowest BCUT2D eigenvalue weighted by atomic mass is 10.1. The van der Waals surface area contributed by atoms with E-state index in [1.165, 1.54) is 0 Å². The van der Waals surface area contributed by atoms with Crippen LogP contribution in [0.2, 0.25) is 0 Å². The molecule has 1 N–H and O–H groups in total. The zero-order valence-corrected chi connectivity index (χ0v) is 11.2. The minimum atomic E-state index is -0.104. The maximum Gasteiger partial charge on any atom is 0.323 e. The molecule has 20 heavy (non-hydrogen) atoms. The first-order chi connectivity index (χ1) is 9.83. The first-order valence-electron chi connectivity index (χ1n) is 6.87. The smallest absolute Gasteiger partial charge is 0.323 e. The normalized spacial score (nSPS) is 27.3. The van der Waals surface area contributed by atoms with Gasteiger partial charge in [0.15, 0.2) is 0 Å². The number of rotatable bonds is 4. The minimum Gasteiger partial charge on any atom is -0.464 e. The number of hydrogen-bond donors (Lipinski definition) is 1. The molecular formula is C13H18N4O3. The van der Waals surface area contributed by atoms with E-state index in [1.807, 2.05) is 12.1 Å². The lowest BCUT2D eigenvalue weighted by Crippen LogP contribution is -2.51. The number of aromatic nitrogens is 2. The van der Waals surface area contributed by atoms with Crippen LogP contribution in [0.3, 0.4) is 0 Å². The summed E-state index contributed by atoms with van der Waals surface area (Å²) in [5.41, 5.74) is 0. The largest absolute Gasteiger partial charge is 0.464 e. The monoisotopic (exact) mass is 278 g/mol. The number of cyclic esters (lactones) is 1. The number of nitrogens with zero attached hydrogens (tertiary/aromatic N) is 3. The van der Waals surface area contributed by atoms with Crippen LogP contribution in [0.5, 0.6) is 0 Å². The van der Waals surface area contributed by atoms with Gasteiger partial charge in [0.05, 0.1) is 19.3 Å². The lowest BCUT2D eigenvalue weighted by Gasteiger charge is -2.35. The maximum absolute atomic E-state index is 11.6. The fraction of sp³-hybridized carbons (Fsp3) is 0.615. The molecule has 1 aromatic rings. The van der Waals surface area contributed by atoms with Gasteiger partial charge in [-0.25, -0.2) is 0 Å². The Morgan fingerprint density at radius 3 is 3.15 bits per heavy atom. The fourth-order valence-electron chi connectivity index (χ4n) is 2.58. The number of esters is 1. The standard InChI is InChI=1S/C13H18N4O3/c18-13-11(3-6-20-13)17-5-7-19-10(9-17)8-14-12-2-1-4-15-16-12/h1-2,4,10-11H,3,5-9H2,(H,14,16). The van der Waals surface area contributed by atoms with Gasteiger partial charge in [-0.1, -0.05) is 0 Å². The summed E-state index contributed by atoms with van der Waals surface area (Å²) in [6.07, 6.45) is 2.46. The summed E-state index contributed by atoms with van der Waals surface area (Å²) in [5, 5.41) is 11.0. The highest BCUT2D eigenvalue weighted by Crippen LogP contribution is 2.17. The SMILES string of the molecule is O=C1OCCC1N1CCOC(CNc2cccnn2)C1. The highest BCUT2D eigenvalue weighted by molar-refractivity contribution is 5.77. The lowest BCUT2D eigenvalue weighted by molar-refractivity contribution is -0.144. The molecule has 0 bridgehead atoms. The van der Waals surface area contributed by atoms with Crippen molar-refractivity contribution in [3.8, 4) is 0 Å². The van der Waals surface area contributed by atoms with Gasteiger partial charge in [-0.15, -0.1) is 5.10 Å². The van der Waals surface area contributed by atoms with E-state index in [0.717, 1.165) is 25.3 Å². The highest BCUT2D eigenvalue weighted by atomic mass is 16.5. The van der Waals surface area contributed by atoms with E-state index in [9.17, 15) is 4.79 Å². The minimum absolute atomic E-state index is 0.0409. The van der Waals surface area contributed by atoms with E-state index in [2.05, 4.69) is 20.4 Å². The molecule has 7 nitrogen and oxygen atoms in total. The summed E-state index contributed by atoms with van der Waals surface area (Å²) in [5.74, 6) is 0.626. The van der Waals surface area contributed by atoms with Crippen LogP contribution in [0.1, 0.15) is 6.42 Å². The number of morpholine rings is 1. The predicted molar refractivity (Wildman–Crippen MR) is 71.2 cm³/mol. The first kappa shape index (κ1) is 13.3. The third-order valence-corrected chi connectivity index (χ3v) is 3.60. The van der Waals surface area contributed by atoms with Crippen molar-refractivity contribution in [1.29, 1.82) is 0 Å². The molecule has 2 fully saturated rings. The summed E-state index contributed by atoms with van der Waals surface area (Å²) >= 11 is 0. The molecule has 0 amide bonds. The van der Waals surface area contributed by atoms with Crippen LogP contribution >= 0.6 is 0 Å². The van der Waals surface area contributed by atoms with E-state index in [1.54, 1.807) is 6.20 Å². The molecule has 2 saturated heterocycles. The van der Waals surface area contributed by atoms with Gasteiger partial charge in [0.25, 0.3) is 0 Å². The third-order valence-electron chi connectivity index (χ3n) is 3.60. The quantitative estimate of drug-likeness (QED) is 0.771. The number of carbonyl (C=O) groups excluding carboxylic acids is 1. The van der Waals surface area contributed by atoms with Crippen LogP contribution in [0, 0.1) is 0 Å². The number of ether oxygens (including phenoxy) is 2. The molecule has 2 aliphatic rings. The van der Waals surface area contributed by atoms with Crippen molar-refractivity contribution in [3.05, 3.63) is 18.3 Å². The molecule has 3 rings (SSSR count). The maximum atomic E-state index is 11.6. The van der Waals surface area contributed by atoms with Gasteiger partial charge in [0, 0.05) is 32.3 Å². The Balaban J connectivity index is 1.52. The number of carbonyl (C=O) groups is 1. The number of nitrogens with one attached hydrogen (secondary N) is 1. The zero-order valence-electron chi connectivity index (χ0n) is 11.2. The van der Waals surface area contributed by atoms with Gasteiger partial charge < -0.3 is 14.8 Å². The van der Waals surface area contributed by atoms with Crippen molar-refractivity contribution in [2.24, 2.45) is 0 Å². The fourth-order valence-corrected chi connectivity index (χ4v) is 2.58. The average molecular weight is 278 g/mol. The molecule has 1 aromatic heterocycles. The Bertz CT molecular complexity index is 456. The molecule has 0 spiro atoms. The van der Waals surface area contributed by atoms with Gasteiger partial charge in [-0.05, 0) is 12.1 Å². The number of anilines is 1. The molecule has 0 aromatic carbocycles. The third kappa shape index (κ3) is 3.05. The Morgan fingerprint density at radius 1 is 1.45 bits per heavy atom. The highest BCUT2D eigenvalue weighted by Gasteiger charge is 2.35. The van der Waals surface area contributed by atoms with E-state index >= 15 is 0 Å². The molecule has 0 radical (unpaired) electrons. The van der Waals surface area contributed by atoms with Crippen molar-refractivity contribution < 1.29 is 14.3 Å². The van der Waals surface area contributed by atoms with Crippen LogP contribution in [0.15, 0.2) is 18.3 Å². The molecule has 3 heterocycles. The van der Waals surface area contributed by atoms with Crippen LogP contribution in [0.4, 0.5) is 5.82 Å². The van der Waals surface area contributed by atoms with Crippen LogP contribution in [-0.2, 0) is 14.3 Å². The summed E-state index contributed by atoms with van der Waals surface area (Å²) in [4.78, 5) is 13.8. The molecule has 0 aliphatic carbocycles. The molecule has 108 valence electrons. The average Bonchev–Trinajstić information content (AvgIpc) is 2.93. The summed E-state index contributed by atoms with van der Waals surface area (Å²) in [7, 11) is 0. The van der Waals surface area contributed by atoms with Crippen LogP contribution in [0.25, 0.3) is 0 Å². The van der Waals surface area contributed by atoms with Crippen LogP contribution < -0.4 is 5.32 Å². The van der Waals surface area contributed by atoms with Crippen LogP contribution in [-0.4, -0.2) is 66.1 Å². The van der Waals surface area contributed by atoms with E-state index in [0.29, 0.717) is 19.8 Å². The van der Waals surface area contributed by atoms with E-state index in [4.69, 9.17) is 9.47 Å². The van der Waals surface area contributed by atoms with Crippen molar-refractivity contribution in [3.63, 3.8) is 0 Å². The van der Waals surface area contributed by atoms with Gasteiger partial charge >= 0.3 is 5.97 Å². The van der Waals surface area contributed by atoms with Gasteiger partial charge in [0.1, 0.15) is 11.9 Å². The molecular weight excluding hydrogens is 260 g/mol. The van der Waals surface area contributed by atoms with Crippen molar-refractivity contribution >= 4 is 11.8 Å². The molecule has 2 atom stereocenters. The Morgan fingerprint density at radius 2 is 2.40 bits per heavy atom. The predicted octanol–water partition coefficient (Wildman–Crippen LogP) is -0.0952.